The number of hydrogen-bond donors (Lipinski definition) is 0. The van der Waals surface area contributed by atoms with Crippen LogP contribution in [0.4, 0.5) is 0 Å². The summed E-state index contributed by atoms with van der Waals surface area (Å²) in [5.41, 5.74) is 8.76. The van der Waals surface area contributed by atoms with Crippen molar-refractivity contribution < 1.29 is 4.74 Å². The zero-order valence-corrected chi connectivity index (χ0v) is 22.3. The van der Waals surface area contributed by atoms with Crippen LogP contribution in [-0.4, -0.2) is 6.10 Å². The monoisotopic (exact) mass is 530 g/mol. The molecule has 0 N–H and O–H groups in total. The third kappa shape index (κ3) is 2.94. The van der Waals surface area contributed by atoms with Gasteiger partial charge in [0.1, 0.15) is 11.9 Å². The van der Waals surface area contributed by atoms with Crippen molar-refractivity contribution in [2.75, 3.05) is 0 Å². The molecule has 2 atom stereocenters. The van der Waals surface area contributed by atoms with Gasteiger partial charge in [0.25, 0.3) is 0 Å². The first-order valence-electron chi connectivity index (χ1n) is 12.6. The summed E-state index contributed by atoms with van der Waals surface area (Å²) in [5, 5.41) is 2.57. The SMILES string of the molecule is CC1(C)C(c2cccc3ccccc23)=C(Br)c2cc(C3=CC4(C)c5ccccc5OC4C=C3)ccc21. The van der Waals surface area contributed by atoms with Gasteiger partial charge in [0, 0.05) is 15.5 Å². The lowest BCUT2D eigenvalue weighted by molar-refractivity contribution is 0.228. The Morgan fingerprint density at radius 3 is 2.44 bits per heavy atom. The fourth-order valence-corrected chi connectivity index (χ4v) is 7.50. The third-order valence-corrected chi connectivity index (χ3v) is 9.21. The van der Waals surface area contributed by atoms with Gasteiger partial charge in [0.15, 0.2) is 0 Å². The van der Waals surface area contributed by atoms with Crippen molar-refractivity contribution in [1.29, 1.82) is 0 Å². The van der Waals surface area contributed by atoms with Gasteiger partial charge >= 0.3 is 0 Å². The highest BCUT2D eigenvalue weighted by atomic mass is 79.9. The van der Waals surface area contributed by atoms with Gasteiger partial charge in [-0.15, -0.1) is 0 Å². The Bertz CT molecular complexity index is 1660. The summed E-state index contributed by atoms with van der Waals surface area (Å²) in [7, 11) is 0. The molecule has 0 amide bonds. The number of allylic oxidation sites excluding steroid dienone is 3. The lowest BCUT2D eigenvalue weighted by Crippen LogP contribution is -2.33. The van der Waals surface area contributed by atoms with Crippen LogP contribution in [0.25, 0.3) is 26.4 Å². The molecule has 2 aliphatic carbocycles. The van der Waals surface area contributed by atoms with Gasteiger partial charge in [-0.25, -0.2) is 0 Å². The lowest BCUT2D eigenvalue weighted by atomic mass is 9.74. The van der Waals surface area contributed by atoms with Gasteiger partial charge in [-0.1, -0.05) is 98.8 Å². The Morgan fingerprint density at radius 2 is 1.56 bits per heavy atom. The second kappa shape index (κ2) is 7.57. The molecule has 0 bridgehead atoms. The van der Waals surface area contributed by atoms with E-state index in [0.29, 0.717) is 0 Å². The van der Waals surface area contributed by atoms with E-state index >= 15 is 0 Å². The molecule has 3 aliphatic rings. The second-order valence-corrected chi connectivity index (χ2v) is 11.7. The minimum absolute atomic E-state index is 0.0385. The van der Waals surface area contributed by atoms with E-state index in [1.165, 1.54) is 54.2 Å². The topological polar surface area (TPSA) is 9.23 Å². The van der Waals surface area contributed by atoms with Crippen molar-refractivity contribution in [1.82, 2.24) is 0 Å². The fraction of sp³-hybridized carbons (Fsp3) is 0.176. The van der Waals surface area contributed by atoms with Crippen LogP contribution in [0.15, 0.2) is 103 Å². The van der Waals surface area contributed by atoms with E-state index in [2.05, 4.69) is 134 Å². The molecule has 176 valence electrons. The van der Waals surface area contributed by atoms with Gasteiger partial charge in [0.05, 0.1) is 5.41 Å². The zero-order valence-electron chi connectivity index (χ0n) is 20.7. The van der Waals surface area contributed by atoms with E-state index in [0.717, 1.165) is 5.75 Å². The summed E-state index contributed by atoms with van der Waals surface area (Å²) in [6.45, 7) is 6.97. The Morgan fingerprint density at radius 1 is 0.778 bits per heavy atom. The number of ether oxygens (including phenoxy) is 1. The maximum absolute atomic E-state index is 6.27. The summed E-state index contributed by atoms with van der Waals surface area (Å²) in [6, 6.07) is 30.7. The molecule has 1 heterocycles. The largest absolute Gasteiger partial charge is 0.485 e. The Balaban J connectivity index is 1.36. The number of benzene rings is 4. The van der Waals surface area contributed by atoms with Gasteiger partial charge in [-0.05, 0) is 85.2 Å². The fourth-order valence-electron chi connectivity index (χ4n) is 6.46. The third-order valence-electron chi connectivity index (χ3n) is 8.38. The molecule has 1 nitrogen and oxygen atoms in total. The molecule has 36 heavy (non-hydrogen) atoms. The van der Waals surface area contributed by atoms with E-state index in [9.17, 15) is 0 Å². The summed E-state index contributed by atoms with van der Waals surface area (Å²) in [6.07, 6.45) is 6.88. The molecule has 2 heteroatoms. The number of rotatable bonds is 2. The molecule has 4 aromatic rings. The molecule has 4 aromatic carbocycles. The van der Waals surface area contributed by atoms with Gasteiger partial charge < -0.3 is 4.74 Å². The molecule has 7 rings (SSSR count). The predicted octanol–water partition coefficient (Wildman–Crippen LogP) is 9.07. The first kappa shape index (κ1) is 21.9. The normalized spacial score (nSPS) is 23.2. The van der Waals surface area contributed by atoms with E-state index in [4.69, 9.17) is 4.74 Å². The van der Waals surface area contributed by atoms with Crippen LogP contribution in [0.1, 0.15) is 48.6 Å². The van der Waals surface area contributed by atoms with Gasteiger partial charge in [-0.2, -0.15) is 0 Å². The molecule has 0 saturated heterocycles. The molecule has 1 aliphatic heterocycles. The van der Waals surface area contributed by atoms with Crippen LogP contribution in [0.3, 0.4) is 0 Å². The Hall–Kier alpha value is -3.36. The highest BCUT2D eigenvalue weighted by Gasteiger charge is 2.44. The van der Waals surface area contributed by atoms with Crippen molar-refractivity contribution in [3.63, 3.8) is 0 Å². The van der Waals surface area contributed by atoms with Crippen molar-refractivity contribution in [3.8, 4) is 5.75 Å². The molecular formula is C34H27BrO. The van der Waals surface area contributed by atoms with E-state index in [1.54, 1.807) is 0 Å². The molecule has 0 aromatic heterocycles. The zero-order chi connectivity index (χ0) is 24.7. The summed E-state index contributed by atoms with van der Waals surface area (Å²) < 4.78 is 7.46. The minimum atomic E-state index is -0.167. The molecule has 0 spiro atoms. The predicted molar refractivity (Wildman–Crippen MR) is 154 cm³/mol. The van der Waals surface area contributed by atoms with E-state index < -0.39 is 0 Å². The Kier molecular flexibility index (Phi) is 4.60. The molecule has 2 unspecified atom stereocenters. The standard InChI is InChI=1S/C34H27BrO/c1-33(2)27-17-15-22(23-16-18-30-34(3,20-23)28-13-6-7-14-29(28)36-30)19-26(27)32(35)31(33)25-12-8-10-21-9-4-5-11-24(21)25/h4-20,30H,1-3H3. The van der Waals surface area contributed by atoms with Crippen LogP contribution < -0.4 is 4.74 Å². The van der Waals surface area contributed by atoms with Crippen LogP contribution in [0.5, 0.6) is 5.75 Å². The number of fused-ring (bicyclic) bond motifs is 5. The maximum atomic E-state index is 6.27. The molecule has 0 fully saturated rings. The average molecular weight is 531 g/mol. The number of para-hydroxylation sites is 1. The highest BCUT2D eigenvalue weighted by molar-refractivity contribution is 9.15. The molecular weight excluding hydrogens is 504 g/mol. The lowest BCUT2D eigenvalue weighted by Gasteiger charge is -2.29. The summed E-state index contributed by atoms with van der Waals surface area (Å²) in [4.78, 5) is 0. The summed E-state index contributed by atoms with van der Waals surface area (Å²) >= 11 is 4.06. The second-order valence-electron chi connectivity index (χ2n) is 10.9. The minimum Gasteiger partial charge on any atom is -0.485 e. The van der Waals surface area contributed by atoms with E-state index in [-0.39, 0.29) is 16.9 Å². The average Bonchev–Trinajstić information content (AvgIpc) is 3.30. The quantitative estimate of drug-likeness (QED) is 0.251. The van der Waals surface area contributed by atoms with Gasteiger partial charge in [0.2, 0.25) is 0 Å². The first-order valence-corrected chi connectivity index (χ1v) is 13.4. The first-order chi connectivity index (χ1) is 17.4. The Labute approximate surface area is 221 Å². The maximum Gasteiger partial charge on any atom is 0.130 e. The highest BCUT2D eigenvalue weighted by Crippen LogP contribution is 2.55. The van der Waals surface area contributed by atoms with Crippen LogP contribution in [0, 0.1) is 0 Å². The van der Waals surface area contributed by atoms with Crippen molar-refractivity contribution in [2.45, 2.75) is 37.7 Å². The molecule has 0 radical (unpaired) electrons. The smallest absolute Gasteiger partial charge is 0.130 e. The van der Waals surface area contributed by atoms with Crippen molar-refractivity contribution in [3.05, 3.63) is 131 Å². The number of halogens is 1. The van der Waals surface area contributed by atoms with Crippen LogP contribution in [0.2, 0.25) is 0 Å². The van der Waals surface area contributed by atoms with Crippen LogP contribution in [-0.2, 0) is 10.8 Å². The van der Waals surface area contributed by atoms with Crippen LogP contribution >= 0.6 is 15.9 Å². The van der Waals surface area contributed by atoms with Crippen molar-refractivity contribution >= 4 is 42.3 Å². The van der Waals surface area contributed by atoms with E-state index in [1.807, 2.05) is 6.07 Å². The molecule has 0 saturated carbocycles. The van der Waals surface area contributed by atoms with Crippen molar-refractivity contribution in [2.24, 2.45) is 0 Å². The summed E-state index contributed by atoms with van der Waals surface area (Å²) in [5.74, 6) is 0.994. The van der Waals surface area contributed by atoms with Gasteiger partial charge in [-0.3, -0.25) is 0 Å². The number of hydrogen-bond acceptors (Lipinski definition) is 1.